The molecular weight excluding hydrogens is 332 g/mol. The van der Waals surface area contributed by atoms with Crippen LogP contribution in [0.5, 0.6) is 11.5 Å². The summed E-state index contributed by atoms with van der Waals surface area (Å²) in [6.45, 7) is 6.36. The predicted molar refractivity (Wildman–Crippen MR) is 97.2 cm³/mol. The molecule has 0 saturated carbocycles. The van der Waals surface area contributed by atoms with Gasteiger partial charge in [0.2, 0.25) is 0 Å². The van der Waals surface area contributed by atoms with E-state index in [2.05, 4.69) is 9.88 Å². The van der Waals surface area contributed by atoms with E-state index < -0.39 is 5.97 Å². The molecule has 1 aromatic carbocycles. The largest absolute Gasteiger partial charge is 0.489 e. The number of carboxylic acids is 1. The number of aliphatic carboxylic acids is 1. The summed E-state index contributed by atoms with van der Waals surface area (Å²) < 4.78 is 11.3. The Balaban J connectivity index is 1.45. The van der Waals surface area contributed by atoms with Gasteiger partial charge in [-0.05, 0) is 43.7 Å². The fourth-order valence-corrected chi connectivity index (χ4v) is 2.80. The third-order valence-electron chi connectivity index (χ3n) is 4.19. The van der Waals surface area contributed by atoms with Crippen molar-refractivity contribution in [1.29, 1.82) is 0 Å². The summed E-state index contributed by atoms with van der Waals surface area (Å²) in [5, 5.41) is 8.90. The Kier molecular flexibility index (Phi) is 5.73. The van der Waals surface area contributed by atoms with Crippen LogP contribution in [-0.2, 0) is 17.9 Å². The maximum Gasteiger partial charge on any atom is 0.309 e. The summed E-state index contributed by atoms with van der Waals surface area (Å²) in [5.41, 5.74) is 1.99. The van der Waals surface area contributed by atoms with Crippen LogP contribution < -0.4 is 9.47 Å². The van der Waals surface area contributed by atoms with Gasteiger partial charge in [-0.1, -0.05) is 12.1 Å². The molecule has 0 aliphatic carbocycles. The molecule has 26 heavy (non-hydrogen) atoms. The molecule has 1 fully saturated rings. The van der Waals surface area contributed by atoms with Crippen LogP contribution in [0.2, 0.25) is 0 Å². The van der Waals surface area contributed by atoms with E-state index in [0.29, 0.717) is 19.7 Å². The molecule has 1 saturated heterocycles. The van der Waals surface area contributed by atoms with Crippen molar-refractivity contribution in [2.75, 3.05) is 13.1 Å². The van der Waals surface area contributed by atoms with Crippen molar-refractivity contribution in [3.05, 3.63) is 53.9 Å². The number of likely N-dealkylation sites (tertiary alicyclic amines) is 1. The molecule has 0 spiro atoms. The monoisotopic (exact) mass is 356 g/mol. The number of hydrogen-bond donors (Lipinski definition) is 1. The highest BCUT2D eigenvalue weighted by Gasteiger charge is 2.32. The van der Waals surface area contributed by atoms with E-state index in [-0.39, 0.29) is 12.0 Å². The van der Waals surface area contributed by atoms with Gasteiger partial charge in [0, 0.05) is 19.6 Å². The fourth-order valence-electron chi connectivity index (χ4n) is 2.80. The minimum Gasteiger partial charge on any atom is -0.489 e. The third-order valence-corrected chi connectivity index (χ3v) is 4.19. The zero-order valence-electron chi connectivity index (χ0n) is 15.1. The Morgan fingerprint density at radius 3 is 2.46 bits per heavy atom. The average molecular weight is 356 g/mol. The van der Waals surface area contributed by atoms with Gasteiger partial charge < -0.3 is 14.6 Å². The lowest BCUT2D eigenvalue weighted by Gasteiger charge is -2.36. The Bertz CT molecular complexity index is 722. The Hall–Kier alpha value is -2.60. The van der Waals surface area contributed by atoms with Gasteiger partial charge in [0.25, 0.3) is 0 Å². The standard InChI is InChI=1S/C20H24N2O4/c1-14(2)26-19-8-5-17(21-9-19)13-25-18-6-3-15(4-7-18)10-22-11-16(12-22)20(23)24/h3-9,14,16H,10-13H2,1-2H3,(H,23,24). The minimum absolute atomic E-state index is 0.128. The molecule has 0 atom stereocenters. The lowest BCUT2D eigenvalue weighted by atomic mass is 10.00. The van der Waals surface area contributed by atoms with Gasteiger partial charge in [0.05, 0.1) is 23.9 Å². The number of aromatic nitrogens is 1. The number of pyridine rings is 1. The van der Waals surface area contributed by atoms with E-state index in [1.807, 2.05) is 50.2 Å². The SMILES string of the molecule is CC(C)Oc1ccc(COc2ccc(CN3CC(C(=O)O)C3)cc2)nc1. The maximum absolute atomic E-state index is 10.8. The second-order valence-corrected chi connectivity index (χ2v) is 6.81. The van der Waals surface area contributed by atoms with Crippen LogP contribution in [0, 0.1) is 5.92 Å². The molecule has 1 aliphatic rings. The number of rotatable bonds is 8. The fraction of sp³-hybridized carbons (Fsp3) is 0.400. The normalized spacial score (nSPS) is 14.9. The van der Waals surface area contributed by atoms with E-state index in [4.69, 9.17) is 14.6 Å². The second-order valence-electron chi connectivity index (χ2n) is 6.81. The van der Waals surface area contributed by atoms with Crippen molar-refractivity contribution >= 4 is 5.97 Å². The van der Waals surface area contributed by atoms with Crippen LogP contribution in [0.4, 0.5) is 0 Å². The Labute approximate surface area is 153 Å². The van der Waals surface area contributed by atoms with Crippen LogP contribution >= 0.6 is 0 Å². The summed E-state index contributed by atoms with van der Waals surface area (Å²) >= 11 is 0. The number of carboxylic acid groups (broad SMARTS) is 1. The zero-order chi connectivity index (χ0) is 18.5. The van der Waals surface area contributed by atoms with Gasteiger partial charge in [-0.2, -0.15) is 0 Å². The highest BCUT2D eigenvalue weighted by atomic mass is 16.5. The van der Waals surface area contributed by atoms with Gasteiger partial charge in [0.1, 0.15) is 18.1 Å². The predicted octanol–water partition coefficient (Wildman–Crippen LogP) is 2.96. The summed E-state index contributed by atoms with van der Waals surface area (Å²) in [6, 6.07) is 11.7. The van der Waals surface area contributed by atoms with Crippen LogP contribution in [0.25, 0.3) is 0 Å². The first-order valence-corrected chi connectivity index (χ1v) is 8.78. The molecule has 6 heteroatoms. The molecule has 0 bridgehead atoms. The summed E-state index contributed by atoms with van der Waals surface area (Å²) in [7, 11) is 0. The van der Waals surface area contributed by atoms with Crippen molar-refractivity contribution in [3.8, 4) is 11.5 Å². The first kappa shape index (κ1) is 18.2. The number of ether oxygens (including phenoxy) is 2. The number of nitrogens with zero attached hydrogens (tertiary/aromatic N) is 2. The molecule has 0 radical (unpaired) electrons. The average Bonchev–Trinajstić information content (AvgIpc) is 2.57. The maximum atomic E-state index is 10.8. The molecular formula is C20H24N2O4. The number of hydrogen-bond acceptors (Lipinski definition) is 5. The number of benzene rings is 1. The van der Waals surface area contributed by atoms with Crippen molar-refractivity contribution in [3.63, 3.8) is 0 Å². The van der Waals surface area contributed by atoms with Gasteiger partial charge in [-0.15, -0.1) is 0 Å². The first-order valence-electron chi connectivity index (χ1n) is 8.78. The Morgan fingerprint density at radius 1 is 1.19 bits per heavy atom. The molecule has 0 amide bonds. The summed E-state index contributed by atoms with van der Waals surface area (Å²) in [6.07, 6.45) is 1.84. The second kappa shape index (κ2) is 8.19. The van der Waals surface area contributed by atoms with Gasteiger partial charge in [0.15, 0.2) is 0 Å². The zero-order valence-corrected chi connectivity index (χ0v) is 15.1. The molecule has 0 unspecified atom stereocenters. The highest BCUT2D eigenvalue weighted by Crippen LogP contribution is 2.21. The van der Waals surface area contributed by atoms with E-state index in [0.717, 1.165) is 29.3 Å². The topological polar surface area (TPSA) is 71.9 Å². The van der Waals surface area contributed by atoms with Gasteiger partial charge in [-0.3, -0.25) is 14.7 Å². The molecule has 1 N–H and O–H groups in total. The minimum atomic E-state index is -0.706. The molecule has 2 heterocycles. The molecule has 1 aliphatic heterocycles. The van der Waals surface area contributed by atoms with E-state index in [1.165, 1.54) is 0 Å². The molecule has 138 valence electrons. The van der Waals surface area contributed by atoms with Gasteiger partial charge >= 0.3 is 5.97 Å². The third kappa shape index (κ3) is 4.95. The lowest BCUT2D eigenvalue weighted by molar-refractivity contribution is -0.147. The number of carbonyl (C=O) groups is 1. The Morgan fingerprint density at radius 2 is 1.88 bits per heavy atom. The van der Waals surface area contributed by atoms with Crippen molar-refractivity contribution in [2.45, 2.75) is 33.1 Å². The van der Waals surface area contributed by atoms with Crippen molar-refractivity contribution in [1.82, 2.24) is 9.88 Å². The van der Waals surface area contributed by atoms with Crippen LogP contribution in [-0.4, -0.2) is 40.2 Å². The van der Waals surface area contributed by atoms with Crippen molar-refractivity contribution < 1.29 is 19.4 Å². The molecule has 3 rings (SSSR count). The molecule has 1 aromatic heterocycles. The molecule has 2 aromatic rings. The molecule has 6 nitrogen and oxygen atoms in total. The first-order chi connectivity index (χ1) is 12.5. The summed E-state index contributed by atoms with van der Waals surface area (Å²) in [5.74, 6) is 0.610. The highest BCUT2D eigenvalue weighted by molar-refractivity contribution is 5.71. The van der Waals surface area contributed by atoms with Crippen LogP contribution in [0.1, 0.15) is 25.1 Å². The van der Waals surface area contributed by atoms with Gasteiger partial charge in [-0.25, -0.2) is 0 Å². The smallest absolute Gasteiger partial charge is 0.309 e. The summed E-state index contributed by atoms with van der Waals surface area (Å²) in [4.78, 5) is 17.3. The van der Waals surface area contributed by atoms with Crippen LogP contribution in [0.3, 0.4) is 0 Å². The van der Waals surface area contributed by atoms with Crippen LogP contribution in [0.15, 0.2) is 42.6 Å². The lowest BCUT2D eigenvalue weighted by Crippen LogP contribution is -2.49. The van der Waals surface area contributed by atoms with E-state index in [9.17, 15) is 4.79 Å². The quantitative estimate of drug-likeness (QED) is 0.784. The van der Waals surface area contributed by atoms with E-state index in [1.54, 1.807) is 6.20 Å². The van der Waals surface area contributed by atoms with E-state index >= 15 is 0 Å². The van der Waals surface area contributed by atoms with Crippen molar-refractivity contribution in [2.24, 2.45) is 5.92 Å².